The summed E-state index contributed by atoms with van der Waals surface area (Å²) in [6.45, 7) is 3.81. The van der Waals surface area contributed by atoms with Crippen molar-refractivity contribution in [1.29, 1.82) is 0 Å². The molecule has 2 heterocycles. The van der Waals surface area contributed by atoms with Crippen LogP contribution in [0.1, 0.15) is 24.5 Å². The number of likely N-dealkylation sites (tertiary alicyclic amines) is 1. The van der Waals surface area contributed by atoms with Gasteiger partial charge in [-0.25, -0.2) is 9.18 Å². The number of carbonyl (C=O) groups is 1. The molecule has 0 saturated carbocycles. The largest absolute Gasteiger partial charge is 0.388 e. The van der Waals surface area contributed by atoms with Crippen LogP contribution in [0.3, 0.4) is 0 Å². The highest BCUT2D eigenvalue weighted by Gasteiger charge is 2.30. The molecule has 2 amide bonds. The number of benzene rings is 1. The molecule has 1 N–H and O–H groups in total. The number of halogens is 1. The van der Waals surface area contributed by atoms with E-state index < -0.39 is 6.10 Å². The average Bonchev–Trinajstić information content (AvgIpc) is 2.62. The second-order valence-corrected chi connectivity index (χ2v) is 6.20. The Morgan fingerprint density at radius 2 is 1.65 bits per heavy atom. The summed E-state index contributed by atoms with van der Waals surface area (Å²) in [4.78, 5) is 16.1. The minimum absolute atomic E-state index is 0.0722. The van der Waals surface area contributed by atoms with Crippen molar-refractivity contribution in [1.82, 2.24) is 9.80 Å². The second-order valence-electron chi connectivity index (χ2n) is 6.20. The quantitative estimate of drug-likeness (QED) is 0.906. The molecule has 2 fully saturated rings. The van der Waals surface area contributed by atoms with E-state index in [2.05, 4.69) is 0 Å². The number of carbonyl (C=O) groups excluding carboxylic acids is 1. The maximum absolute atomic E-state index is 13.0. The number of aliphatic hydroxyl groups excluding tert-OH is 1. The lowest BCUT2D eigenvalue weighted by atomic mass is 9.87. The normalized spacial score (nSPS) is 21.3. The van der Waals surface area contributed by atoms with E-state index in [4.69, 9.17) is 4.74 Å². The van der Waals surface area contributed by atoms with Gasteiger partial charge in [-0.3, -0.25) is 0 Å². The van der Waals surface area contributed by atoms with Gasteiger partial charge in [0.05, 0.1) is 19.3 Å². The average molecular weight is 322 g/mol. The Labute approximate surface area is 135 Å². The number of amides is 2. The summed E-state index contributed by atoms with van der Waals surface area (Å²) in [5.41, 5.74) is 0.740. The molecule has 2 aliphatic heterocycles. The van der Waals surface area contributed by atoms with E-state index in [9.17, 15) is 14.3 Å². The Morgan fingerprint density at radius 1 is 1.09 bits per heavy atom. The number of aliphatic hydroxyl groups is 1. The smallest absolute Gasteiger partial charge is 0.320 e. The summed E-state index contributed by atoms with van der Waals surface area (Å²) in [5, 5.41) is 10.5. The van der Waals surface area contributed by atoms with Gasteiger partial charge in [0.1, 0.15) is 5.82 Å². The van der Waals surface area contributed by atoms with Crippen molar-refractivity contribution in [2.45, 2.75) is 18.9 Å². The van der Waals surface area contributed by atoms with Gasteiger partial charge in [-0.1, -0.05) is 12.1 Å². The molecular formula is C17H23FN2O3. The topological polar surface area (TPSA) is 53.0 Å². The van der Waals surface area contributed by atoms with Crippen molar-refractivity contribution in [2.75, 3.05) is 39.4 Å². The summed E-state index contributed by atoms with van der Waals surface area (Å²) < 4.78 is 18.2. The van der Waals surface area contributed by atoms with Crippen molar-refractivity contribution in [3.63, 3.8) is 0 Å². The lowest BCUT2D eigenvalue weighted by molar-refractivity contribution is 0.0310. The Balaban J connectivity index is 1.53. The predicted molar refractivity (Wildman–Crippen MR) is 83.4 cm³/mol. The number of hydrogen-bond acceptors (Lipinski definition) is 3. The molecule has 1 aromatic rings. The molecule has 23 heavy (non-hydrogen) atoms. The van der Waals surface area contributed by atoms with Crippen LogP contribution in [0.2, 0.25) is 0 Å². The Bertz CT molecular complexity index is 523. The van der Waals surface area contributed by atoms with Gasteiger partial charge in [-0.2, -0.15) is 0 Å². The monoisotopic (exact) mass is 322 g/mol. The summed E-state index contributed by atoms with van der Waals surface area (Å²) >= 11 is 0. The fourth-order valence-corrected chi connectivity index (χ4v) is 3.29. The molecule has 5 nitrogen and oxygen atoms in total. The SMILES string of the molecule is O=C(N1CCOCC1)N1CCC(C(O)c2ccc(F)cc2)CC1. The zero-order chi connectivity index (χ0) is 16.2. The summed E-state index contributed by atoms with van der Waals surface area (Å²) in [6, 6.07) is 6.07. The van der Waals surface area contributed by atoms with Crippen LogP contribution in [0, 0.1) is 11.7 Å². The van der Waals surface area contributed by atoms with E-state index in [1.807, 2.05) is 9.80 Å². The maximum Gasteiger partial charge on any atom is 0.320 e. The van der Waals surface area contributed by atoms with Crippen LogP contribution in [0.5, 0.6) is 0 Å². The summed E-state index contributed by atoms with van der Waals surface area (Å²) in [7, 11) is 0. The molecule has 6 heteroatoms. The molecule has 1 unspecified atom stereocenters. The van der Waals surface area contributed by atoms with E-state index in [1.165, 1.54) is 12.1 Å². The van der Waals surface area contributed by atoms with Crippen LogP contribution in [0.4, 0.5) is 9.18 Å². The Kier molecular flexibility index (Phi) is 5.13. The van der Waals surface area contributed by atoms with E-state index in [1.54, 1.807) is 12.1 Å². The molecule has 0 aromatic heterocycles. The first kappa shape index (κ1) is 16.2. The lowest BCUT2D eigenvalue weighted by Crippen LogP contribution is -2.50. The van der Waals surface area contributed by atoms with Gasteiger partial charge in [0, 0.05) is 26.2 Å². The van der Waals surface area contributed by atoms with Crippen molar-refractivity contribution < 1.29 is 19.0 Å². The highest BCUT2D eigenvalue weighted by atomic mass is 19.1. The van der Waals surface area contributed by atoms with E-state index in [0.29, 0.717) is 39.4 Å². The zero-order valence-corrected chi connectivity index (χ0v) is 13.2. The van der Waals surface area contributed by atoms with Crippen LogP contribution < -0.4 is 0 Å². The minimum Gasteiger partial charge on any atom is -0.388 e. The van der Waals surface area contributed by atoms with Crippen LogP contribution in [-0.2, 0) is 4.74 Å². The van der Waals surface area contributed by atoms with Gasteiger partial charge in [0.15, 0.2) is 0 Å². The van der Waals surface area contributed by atoms with E-state index >= 15 is 0 Å². The number of nitrogens with zero attached hydrogens (tertiary/aromatic N) is 2. The molecule has 0 aliphatic carbocycles. The van der Waals surface area contributed by atoms with Crippen LogP contribution in [-0.4, -0.2) is 60.3 Å². The third-order valence-electron chi connectivity index (χ3n) is 4.75. The van der Waals surface area contributed by atoms with Crippen molar-refractivity contribution in [3.05, 3.63) is 35.6 Å². The van der Waals surface area contributed by atoms with Gasteiger partial charge in [-0.15, -0.1) is 0 Å². The third-order valence-corrected chi connectivity index (χ3v) is 4.75. The van der Waals surface area contributed by atoms with E-state index in [0.717, 1.165) is 18.4 Å². The molecule has 2 saturated heterocycles. The Morgan fingerprint density at radius 3 is 2.26 bits per heavy atom. The summed E-state index contributed by atoms with van der Waals surface area (Å²) in [5.74, 6) is -0.193. The van der Waals surface area contributed by atoms with Gasteiger partial charge in [0.25, 0.3) is 0 Å². The molecule has 126 valence electrons. The molecule has 3 rings (SSSR count). The summed E-state index contributed by atoms with van der Waals surface area (Å²) in [6.07, 6.45) is 0.916. The van der Waals surface area contributed by atoms with Crippen LogP contribution >= 0.6 is 0 Å². The fourth-order valence-electron chi connectivity index (χ4n) is 3.29. The zero-order valence-electron chi connectivity index (χ0n) is 13.2. The van der Waals surface area contributed by atoms with Gasteiger partial charge in [-0.05, 0) is 36.5 Å². The molecule has 0 bridgehead atoms. The van der Waals surface area contributed by atoms with E-state index in [-0.39, 0.29) is 17.8 Å². The molecule has 1 aromatic carbocycles. The minimum atomic E-state index is -0.601. The van der Waals surface area contributed by atoms with Crippen molar-refractivity contribution >= 4 is 6.03 Å². The highest BCUT2D eigenvalue weighted by molar-refractivity contribution is 5.74. The molecule has 2 aliphatic rings. The van der Waals surface area contributed by atoms with Gasteiger partial charge in [0.2, 0.25) is 0 Å². The number of morpholine rings is 1. The van der Waals surface area contributed by atoms with Crippen LogP contribution in [0.25, 0.3) is 0 Å². The predicted octanol–water partition coefficient (Wildman–Crippen LogP) is 2.02. The molecule has 1 atom stereocenters. The standard InChI is InChI=1S/C17H23FN2O3/c18-15-3-1-13(2-4-15)16(21)14-5-7-19(8-6-14)17(22)20-9-11-23-12-10-20/h1-4,14,16,21H,5-12H2. The van der Waals surface area contributed by atoms with Gasteiger partial charge >= 0.3 is 6.03 Å². The first-order valence-corrected chi connectivity index (χ1v) is 8.20. The fraction of sp³-hybridized carbons (Fsp3) is 0.588. The maximum atomic E-state index is 13.0. The number of ether oxygens (including phenoxy) is 1. The number of piperidine rings is 1. The lowest BCUT2D eigenvalue weighted by Gasteiger charge is -2.38. The highest BCUT2D eigenvalue weighted by Crippen LogP contribution is 2.31. The second kappa shape index (κ2) is 7.27. The molecule has 0 spiro atoms. The first-order chi connectivity index (χ1) is 11.1. The third kappa shape index (κ3) is 3.82. The van der Waals surface area contributed by atoms with Gasteiger partial charge < -0.3 is 19.6 Å². The first-order valence-electron chi connectivity index (χ1n) is 8.20. The van der Waals surface area contributed by atoms with Crippen molar-refractivity contribution in [3.8, 4) is 0 Å². The Hall–Kier alpha value is -1.66. The molecule has 0 radical (unpaired) electrons. The van der Waals surface area contributed by atoms with Crippen molar-refractivity contribution in [2.24, 2.45) is 5.92 Å². The number of hydrogen-bond donors (Lipinski definition) is 1. The van der Waals surface area contributed by atoms with Crippen LogP contribution in [0.15, 0.2) is 24.3 Å². The number of rotatable bonds is 2. The molecular weight excluding hydrogens is 299 g/mol. The number of urea groups is 1.